The van der Waals surface area contributed by atoms with Crippen molar-refractivity contribution in [2.75, 3.05) is 4.90 Å². The fraction of sp³-hybridized carbons (Fsp3) is 0.333. The van der Waals surface area contributed by atoms with Crippen LogP contribution in [0.1, 0.15) is 25.3 Å². The highest BCUT2D eigenvalue weighted by Crippen LogP contribution is 2.62. The molecule has 190 valence electrons. The van der Waals surface area contributed by atoms with Crippen molar-refractivity contribution in [3.63, 3.8) is 0 Å². The Labute approximate surface area is 221 Å². The number of aliphatic hydroxyl groups excluding tert-OH is 1. The number of imide groups is 1. The van der Waals surface area contributed by atoms with Gasteiger partial charge in [0.2, 0.25) is 11.8 Å². The lowest BCUT2D eigenvalue weighted by Crippen LogP contribution is -2.49. The molecule has 10 nitrogen and oxygen atoms in total. The third-order valence-electron chi connectivity index (χ3n) is 8.51. The minimum Gasteiger partial charge on any atom is -0.390 e. The van der Waals surface area contributed by atoms with Crippen molar-refractivity contribution in [1.82, 2.24) is 19.5 Å². The zero-order valence-corrected chi connectivity index (χ0v) is 21.0. The van der Waals surface area contributed by atoms with E-state index in [2.05, 4.69) is 21.0 Å². The molecule has 3 aliphatic heterocycles. The van der Waals surface area contributed by atoms with Crippen molar-refractivity contribution in [2.45, 2.75) is 43.6 Å². The predicted octanol–water partition coefficient (Wildman–Crippen LogP) is 2.99. The summed E-state index contributed by atoms with van der Waals surface area (Å²) in [7, 11) is 0. The molecule has 7 rings (SSSR count). The second-order valence-corrected chi connectivity index (χ2v) is 10.7. The van der Waals surface area contributed by atoms with Crippen molar-refractivity contribution in [1.29, 1.82) is 5.26 Å². The standard InChI is InChI=1S/C27H21ClN6O4/c1-26-18(35)10-27(38-26,8-9-33-13-32-21-22(28)30-12-31-23(21)33)20-19(26)24(36)34(25(20)37)17-7-6-14(11-29)15-4-2-3-5-16(15)17/h2-7,12-13,18-20,35H,8-10H2,1H3. The first-order chi connectivity index (χ1) is 18.3. The first-order valence-corrected chi connectivity index (χ1v) is 12.7. The predicted molar refractivity (Wildman–Crippen MR) is 136 cm³/mol. The summed E-state index contributed by atoms with van der Waals surface area (Å²) in [4.78, 5) is 41.8. The molecule has 0 aliphatic carbocycles. The molecule has 38 heavy (non-hydrogen) atoms. The van der Waals surface area contributed by atoms with E-state index in [1.807, 2.05) is 16.7 Å². The number of benzene rings is 2. The van der Waals surface area contributed by atoms with Crippen LogP contribution in [0.4, 0.5) is 5.69 Å². The molecular weight excluding hydrogens is 508 g/mol. The summed E-state index contributed by atoms with van der Waals surface area (Å²) < 4.78 is 8.26. The highest BCUT2D eigenvalue weighted by atomic mass is 35.5. The summed E-state index contributed by atoms with van der Waals surface area (Å²) >= 11 is 6.15. The maximum Gasteiger partial charge on any atom is 0.240 e. The lowest BCUT2D eigenvalue weighted by molar-refractivity contribution is -0.133. The number of aryl methyl sites for hydroxylation is 1. The van der Waals surface area contributed by atoms with Gasteiger partial charge in [-0.05, 0) is 25.5 Å². The molecule has 0 radical (unpaired) electrons. The average Bonchev–Trinajstić information content (AvgIpc) is 3.60. The number of carbonyl (C=O) groups excluding carboxylic acids is 2. The molecule has 2 aromatic heterocycles. The molecule has 4 aromatic rings. The number of hydrogen-bond donors (Lipinski definition) is 1. The van der Waals surface area contributed by atoms with Crippen LogP contribution < -0.4 is 4.90 Å². The third kappa shape index (κ3) is 2.86. The van der Waals surface area contributed by atoms with Gasteiger partial charge in [-0.1, -0.05) is 35.9 Å². The topological polar surface area (TPSA) is 134 Å². The highest BCUT2D eigenvalue weighted by molar-refractivity contribution is 6.33. The summed E-state index contributed by atoms with van der Waals surface area (Å²) in [5, 5.41) is 22.2. The van der Waals surface area contributed by atoms with Gasteiger partial charge in [-0.2, -0.15) is 5.26 Å². The van der Waals surface area contributed by atoms with Crippen molar-refractivity contribution in [3.05, 3.63) is 59.8 Å². The fourth-order valence-electron chi connectivity index (χ4n) is 6.76. The van der Waals surface area contributed by atoms with Crippen LogP contribution >= 0.6 is 11.6 Å². The van der Waals surface area contributed by atoms with Crippen LogP contribution in [-0.2, 0) is 20.9 Å². The Morgan fingerprint density at radius 3 is 2.68 bits per heavy atom. The Bertz CT molecular complexity index is 1730. The molecule has 11 heteroatoms. The minimum atomic E-state index is -1.20. The van der Waals surface area contributed by atoms with Crippen LogP contribution in [-0.4, -0.2) is 53.7 Å². The van der Waals surface area contributed by atoms with Crippen LogP contribution in [0.15, 0.2) is 49.1 Å². The van der Waals surface area contributed by atoms with Gasteiger partial charge in [0.15, 0.2) is 10.8 Å². The smallest absolute Gasteiger partial charge is 0.240 e. The van der Waals surface area contributed by atoms with Crippen LogP contribution in [0, 0.1) is 23.2 Å². The number of nitriles is 1. The van der Waals surface area contributed by atoms with E-state index in [1.165, 1.54) is 11.2 Å². The molecule has 3 fully saturated rings. The number of aromatic nitrogens is 4. The van der Waals surface area contributed by atoms with E-state index in [-0.39, 0.29) is 17.5 Å². The van der Waals surface area contributed by atoms with Gasteiger partial charge in [0.1, 0.15) is 17.4 Å². The molecule has 2 aromatic carbocycles. The maximum atomic E-state index is 14.1. The molecule has 2 bridgehead atoms. The minimum absolute atomic E-state index is 0.230. The van der Waals surface area contributed by atoms with E-state index in [0.29, 0.717) is 46.2 Å². The molecular formula is C27H21ClN6O4. The van der Waals surface area contributed by atoms with Gasteiger partial charge in [0, 0.05) is 23.7 Å². The van der Waals surface area contributed by atoms with Crippen LogP contribution in [0.25, 0.3) is 21.9 Å². The van der Waals surface area contributed by atoms with E-state index >= 15 is 0 Å². The number of fused-ring (bicyclic) bond motifs is 7. The largest absolute Gasteiger partial charge is 0.390 e. The number of amides is 2. The Morgan fingerprint density at radius 2 is 1.89 bits per heavy atom. The average molecular weight is 529 g/mol. The van der Waals surface area contributed by atoms with E-state index in [9.17, 15) is 20.0 Å². The lowest BCUT2D eigenvalue weighted by Gasteiger charge is -2.33. The van der Waals surface area contributed by atoms with Gasteiger partial charge in [0.25, 0.3) is 0 Å². The maximum absolute atomic E-state index is 14.1. The number of ether oxygens (including phenoxy) is 1. The van der Waals surface area contributed by atoms with Crippen LogP contribution in [0.5, 0.6) is 0 Å². The fourth-order valence-corrected chi connectivity index (χ4v) is 6.94. The SMILES string of the molecule is CC12OC(CCn3cnc4c(Cl)ncnc43)(CC1O)C1C(=O)N(c3ccc(C#N)c4ccccc34)C(=O)C12. The Kier molecular flexibility index (Phi) is 4.77. The quantitative estimate of drug-likeness (QED) is 0.315. The molecule has 0 saturated carbocycles. The monoisotopic (exact) mass is 528 g/mol. The van der Waals surface area contributed by atoms with Crippen molar-refractivity contribution in [2.24, 2.45) is 11.8 Å². The number of anilines is 1. The Morgan fingerprint density at radius 1 is 1.13 bits per heavy atom. The number of aliphatic hydroxyl groups is 1. The van der Waals surface area contributed by atoms with Crippen molar-refractivity contribution >= 4 is 51.0 Å². The molecule has 2 amide bonds. The van der Waals surface area contributed by atoms with Gasteiger partial charge >= 0.3 is 0 Å². The summed E-state index contributed by atoms with van der Waals surface area (Å²) in [6, 6.07) is 12.7. The van der Waals surface area contributed by atoms with E-state index in [0.717, 1.165) is 0 Å². The second kappa shape index (κ2) is 7.80. The molecule has 1 N–H and O–H groups in total. The summed E-state index contributed by atoms with van der Waals surface area (Å²) in [5.41, 5.74) is -0.324. The van der Waals surface area contributed by atoms with Crippen LogP contribution in [0.3, 0.4) is 0 Å². The zero-order valence-electron chi connectivity index (χ0n) is 20.2. The van der Waals surface area contributed by atoms with Crippen molar-refractivity contribution in [3.8, 4) is 6.07 Å². The Balaban J connectivity index is 1.29. The number of rotatable bonds is 4. The highest BCUT2D eigenvalue weighted by Gasteiger charge is 2.77. The molecule has 5 heterocycles. The molecule has 5 unspecified atom stereocenters. The van der Waals surface area contributed by atoms with E-state index < -0.39 is 35.0 Å². The normalized spacial score (nSPS) is 29.9. The number of hydrogen-bond acceptors (Lipinski definition) is 8. The first kappa shape index (κ1) is 23.2. The summed E-state index contributed by atoms with van der Waals surface area (Å²) in [6.07, 6.45) is 2.64. The van der Waals surface area contributed by atoms with Crippen LogP contribution in [0.2, 0.25) is 5.15 Å². The third-order valence-corrected chi connectivity index (χ3v) is 8.79. The van der Waals surface area contributed by atoms with Gasteiger partial charge in [-0.15, -0.1) is 0 Å². The number of imidazole rings is 1. The zero-order chi connectivity index (χ0) is 26.4. The lowest BCUT2D eigenvalue weighted by atomic mass is 9.66. The van der Waals surface area contributed by atoms with E-state index in [1.54, 1.807) is 37.5 Å². The molecule has 3 aliphatic rings. The van der Waals surface area contributed by atoms with Gasteiger partial charge in [-0.25, -0.2) is 19.9 Å². The van der Waals surface area contributed by atoms with Gasteiger partial charge < -0.3 is 14.4 Å². The Hall–Kier alpha value is -3.91. The van der Waals surface area contributed by atoms with Crippen molar-refractivity contribution < 1.29 is 19.4 Å². The van der Waals surface area contributed by atoms with Gasteiger partial charge in [-0.3, -0.25) is 9.59 Å². The van der Waals surface area contributed by atoms with E-state index in [4.69, 9.17) is 16.3 Å². The second-order valence-electron chi connectivity index (χ2n) is 10.4. The summed E-state index contributed by atoms with van der Waals surface area (Å²) in [6.45, 7) is 2.10. The molecule has 5 atom stereocenters. The number of nitrogens with zero attached hydrogens (tertiary/aromatic N) is 6. The molecule has 0 spiro atoms. The first-order valence-electron chi connectivity index (χ1n) is 12.3. The number of halogens is 1. The summed E-state index contributed by atoms with van der Waals surface area (Å²) in [5.74, 6) is -2.34. The van der Waals surface area contributed by atoms with Gasteiger partial charge in [0.05, 0.1) is 47.2 Å². The molecule has 3 saturated heterocycles. The number of carbonyl (C=O) groups is 2.